The quantitative estimate of drug-likeness (QED) is 0.774. The topological polar surface area (TPSA) is 66.5 Å². The van der Waals surface area contributed by atoms with Crippen LogP contribution in [0.15, 0.2) is 0 Å². The summed E-state index contributed by atoms with van der Waals surface area (Å²) in [6.45, 7) is 6.11. The zero-order chi connectivity index (χ0) is 13.6. The standard InChI is InChI=1S/C13H20N2O3/c1-4-13(5-2)9(16)14-11(18)15(10(13)17)8-12(3)6-7-12/h4-8H2,1-3H3,(H,14,16,18). The molecule has 0 radical (unpaired) electrons. The third-order valence-corrected chi connectivity index (χ3v) is 4.41. The van der Waals surface area contributed by atoms with Crippen LogP contribution in [0.3, 0.4) is 0 Å². The lowest BCUT2D eigenvalue weighted by Crippen LogP contribution is -2.64. The Kier molecular flexibility index (Phi) is 2.95. The Balaban J connectivity index is 2.27. The van der Waals surface area contributed by atoms with Crippen molar-refractivity contribution in [2.45, 2.75) is 46.5 Å². The molecule has 5 heteroatoms. The minimum atomic E-state index is -1.06. The molecule has 1 aliphatic carbocycles. The Hall–Kier alpha value is -1.39. The van der Waals surface area contributed by atoms with Gasteiger partial charge in [-0.2, -0.15) is 0 Å². The molecule has 1 heterocycles. The summed E-state index contributed by atoms with van der Waals surface area (Å²) >= 11 is 0. The van der Waals surface area contributed by atoms with Crippen LogP contribution in [-0.2, 0) is 9.59 Å². The highest BCUT2D eigenvalue weighted by atomic mass is 16.2. The minimum absolute atomic E-state index is 0.0562. The van der Waals surface area contributed by atoms with Crippen LogP contribution in [-0.4, -0.2) is 29.3 Å². The predicted molar refractivity (Wildman–Crippen MR) is 65.6 cm³/mol. The lowest BCUT2D eigenvalue weighted by molar-refractivity contribution is -0.152. The van der Waals surface area contributed by atoms with Crippen LogP contribution in [0.5, 0.6) is 0 Å². The molecule has 2 rings (SSSR count). The molecule has 5 nitrogen and oxygen atoms in total. The van der Waals surface area contributed by atoms with Crippen LogP contribution >= 0.6 is 0 Å². The molecule has 1 saturated carbocycles. The fourth-order valence-electron chi connectivity index (χ4n) is 2.50. The Morgan fingerprint density at radius 2 is 1.72 bits per heavy atom. The van der Waals surface area contributed by atoms with Gasteiger partial charge in [-0.3, -0.25) is 19.8 Å². The molecule has 0 bridgehead atoms. The van der Waals surface area contributed by atoms with Gasteiger partial charge in [-0.25, -0.2) is 4.79 Å². The molecule has 100 valence electrons. The molecule has 0 aromatic carbocycles. The minimum Gasteiger partial charge on any atom is -0.277 e. The average Bonchev–Trinajstić information content (AvgIpc) is 3.05. The van der Waals surface area contributed by atoms with Crippen LogP contribution < -0.4 is 5.32 Å². The van der Waals surface area contributed by atoms with E-state index in [4.69, 9.17) is 0 Å². The molecule has 0 unspecified atom stereocenters. The average molecular weight is 252 g/mol. The summed E-state index contributed by atoms with van der Waals surface area (Å²) in [5.41, 5.74) is -1.00. The second-order valence-electron chi connectivity index (χ2n) is 5.75. The zero-order valence-corrected chi connectivity index (χ0v) is 11.2. The Morgan fingerprint density at radius 3 is 2.17 bits per heavy atom. The first-order valence-electron chi connectivity index (χ1n) is 6.56. The zero-order valence-electron chi connectivity index (χ0n) is 11.2. The van der Waals surface area contributed by atoms with Crippen LogP contribution in [0.1, 0.15) is 46.5 Å². The maximum atomic E-state index is 12.5. The smallest absolute Gasteiger partial charge is 0.277 e. The molecular weight excluding hydrogens is 232 g/mol. The summed E-state index contributed by atoms with van der Waals surface area (Å²) in [6.07, 6.45) is 2.91. The molecule has 2 fully saturated rings. The van der Waals surface area contributed by atoms with Gasteiger partial charge < -0.3 is 0 Å². The molecule has 1 aliphatic heterocycles. The summed E-state index contributed by atoms with van der Waals surface area (Å²) in [5.74, 6) is -0.769. The Labute approximate surface area is 107 Å². The third-order valence-electron chi connectivity index (χ3n) is 4.41. The number of hydrogen-bond acceptors (Lipinski definition) is 3. The van der Waals surface area contributed by atoms with E-state index in [0.29, 0.717) is 19.4 Å². The van der Waals surface area contributed by atoms with Gasteiger partial charge in [0.1, 0.15) is 5.41 Å². The van der Waals surface area contributed by atoms with Crippen molar-refractivity contribution in [3.05, 3.63) is 0 Å². The van der Waals surface area contributed by atoms with Gasteiger partial charge >= 0.3 is 6.03 Å². The fourth-order valence-corrected chi connectivity index (χ4v) is 2.50. The number of nitrogens with zero attached hydrogens (tertiary/aromatic N) is 1. The number of urea groups is 1. The largest absolute Gasteiger partial charge is 0.330 e. The number of barbiturate groups is 1. The number of carbonyl (C=O) groups excluding carboxylic acids is 3. The molecule has 4 amide bonds. The van der Waals surface area contributed by atoms with Crippen molar-refractivity contribution in [1.29, 1.82) is 0 Å². The molecular formula is C13H20N2O3. The monoisotopic (exact) mass is 252 g/mol. The Morgan fingerprint density at radius 1 is 1.17 bits per heavy atom. The maximum Gasteiger partial charge on any atom is 0.330 e. The van der Waals surface area contributed by atoms with Crippen molar-refractivity contribution >= 4 is 17.8 Å². The van der Waals surface area contributed by atoms with Gasteiger partial charge in [-0.05, 0) is 31.1 Å². The van der Waals surface area contributed by atoms with Crippen LogP contribution in [0.4, 0.5) is 4.79 Å². The maximum absolute atomic E-state index is 12.5. The normalized spacial score (nSPS) is 25.1. The van der Waals surface area contributed by atoms with E-state index in [-0.39, 0.29) is 11.3 Å². The Bertz CT molecular complexity index is 408. The molecule has 2 aliphatic rings. The van der Waals surface area contributed by atoms with E-state index in [1.54, 1.807) is 0 Å². The number of hydrogen-bond donors (Lipinski definition) is 1. The molecule has 0 aromatic rings. The molecule has 1 N–H and O–H groups in total. The summed E-state index contributed by atoms with van der Waals surface area (Å²) in [5, 5.41) is 2.33. The molecule has 18 heavy (non-hydrogen) atoms. The highest BCUT2D eigenvalue weighted by molar-refractivity contribution is 6.19. The molecule has 0 spiro atoms. The van der Waals surface area contributed by atoms with Crippen molar-refractivity contribution in [2.75, 3.05) is 6.54 Å². The third kappa shape index (κ3) is 1.82. The highest BCUT2D eigenvalue weighted by Crippen LogP contribution is 2.46. The number of imide groups is 2. The van der Waals surface area contributed by atoms with E-state index >= 15 is 0 Å². The van der Waals surface area contributed by atoms with Crippen LogP contribution in [0, 0.1) is 10.8 Å². The number of rotatable bonds is 4. The van der Waals surface area contributed by atoms with Crippen molar-refractivity contribution in [2.24, 2.45) is 10.8 Å². The van der Waals surface area contributed by atoms with Crippen molar-refractivity contribution in [3.8, 4) is 0 Å². The van der Waals surface area contributed by atoms with Gasteiger partial charge in [0.05, 0.1) is 0 Å². The number of nitrogens with one attached hydrogen (secondary N) is 1. The predicted octanol–water partition coefficient (Wildman–Crippen LogP) is 1.67. The van der Waals surface area contributed by atoms with Crippen molar-refractivity contribution in [3.63, 3.8) is 0 Å². The van der Waals surface area contributed by atoms with Crippen LogP contribution in [0.25, 0.3) is 0 Å². The summed E-state index contributed by atoms with van der Waals surface area (Å²) in [6, 6.07) is -0.560. The van der Waals surface area contributed by atoms with E-state index in [9.17, 15) is 14.4 Å². The SMILES string of the molecule is CCC1(CC)C(=O)NC(=O)N(CC2(C)CC2)C1=O. The van der Waals surface area contributed by atoms with Gasteiger partial charge in [0.2, 0.25) is 11.8 Å². The first-order chi connectivity index (χ1) is 8.38. The van der Waals surface area contributed by atoms with E-state index < -0.39 is 17.4 Å². The van der Waals surface area contributed by atoms with E-state index in [2.05, 4.69) is 12.2 Å². The summed E-state index contributed by atoms with van der Waals surface area (Å²) in [7, 11) is 0. The highest BCUT2D eigenvalue weighted by Gasteiger charge is 2.53. The number of carbonyl (C=O) groups is 3. The summed E-state index contributed by atoms with van der Waals surface area (Å²) < 4.78 is 0. The first-order valence-corrected chi connectivity index (χ1v) is 6.56. The van der Waals surface area contributed by atoms with Gasteiger partial charge in [-0.1, -0.05) is 20.8 Å². The second kappa shape index (κ2) is 4.07. The fraction of sp³-hybridized carbons (Fsp3) is 0.769. The van der Waals surface area contributed by atoms with Gasteiger partial charge in [0.15, 0.2) is 0 Å². The molecule has 0 aromatic heterocycles. The molecule has 0 atom stereocenters. The lowest BCUT2D eigenvalue weighted by atomic mass is 9.78. The number of amides is 4. The van der Waals surface area contributed by atoms with Crippen LogP contribution in [0.2, 0.25) is 0 Å². The van der Waals surface area contributed by atoms with Crippen molar-refractivity contribution in [1.82, 2.24) is 10.2 Å². The summed E-state index contributed by atoms with van der Waals surface area (Å²) in [4.78, 5) is 37.5. The van der Waals surface area contributed by atoms with E-state index in [1.165, 1.54) is 4.90 Å². The van der Waals surface area contributed by atoms with E-state index in [1.807, 2.05) is 13.8 Å². The van der Waals surface area contributed by atoms with Gasteiger partial charge in [0.25, 0.3) is 0 Å². The first kappa shape index (κ1) is 13.1. The molecule has 1 saturated heterocycles. The van der Waals surface area contributed by atoms with Gasteiger partial charge in [-0.15, -0.1) is 0 Å². The van der Waals surface area contributed by atoms with E-state index in [0.717, 1.165) is 12.8 Å². The lowest BCUT2D eigenvalue weighted by Gasteiger charge is -2.39. The van der Waals surface area contributed by atoms with Crippen molar-refractivity contribution < 1.29 is 14.4 Å². The van der Waals surface area contributed by atoms with Gasteiger partial charge in [0, 0.05) is 6.54 Å². The second-order valence-corrected chi connectivity index (χ2v) is 5.75.